The summed E-state index contributed by atoms with van der Waals surface area (Å²) in [5.41, 5.74) is 0. The SMILES string of the molecule is O=P(O)(O)OC[C@H]1O[C@@H](O[C@H]2[C@H](O)[C@H](O)[C@@H](O)O[C@@H]2CO)[C@H](O)[C@@H](O[C@@H]2O[C@H](CO)[C@H](O)[C@H](O)[C@H]2O)[C@H]1O. The summed E-state index contributed by atoms with van der Waals surface area (Å²) >= 11 is 0. The van der Waals surface area contributed by atoms with Crippen LogP contribution < -0.4 is 0 Å². The van der Waals surface area contributed by atoms with Gasteiger partial charge in [0, 0.05) is 0 Å². The van der Waals surface area contributed by atoms with E-state index in [0.29, 0.717) is 0 Å². The molecule has 0 aromatic rings. The van der Waals surface area contributed by atoms with Crippen LogP contribution >= 0.6 is 7.82 Å². The van der Waals surface area contributed by atoms with Gasteiger partial charge in [0.1, 0.15) is 73.2 Å². The molecule has 20 heteroatoms. The van der Waals surface area contributed by atoms with Crippen molar-refractivity contribution in [3.63, 3.8) is 0 Å². The van der Waals surface area contributed by atoms with Gasteiger partial charge in [-0.3, -0.25) is 4.52 Å². The summed E-state index contributed by atoms with van der Waals surface area (Å²) in [6.45, 7) is -2.70. The first-order valence-electron chi connectivity index (χ1n) is 11.3. The van der Waals surface area contributed by atoms with E-state index >= 15 is 0 Å². The number of rotatable bonds is 9. The maximum Gasteiger partial charge on any atom is 0.469 e. The second-order valence-corrected chi connectivity index (χ2v) is 10.2. The Morgan fingerprint density at radius 3 is 1.71 bits per heavy atom. The van der Waals surface area contributed by atoms with Gasteiger partial charge in [-0.2, -0.15) is 0 Å². The summed E-state index contributed by atoms with van der Waals surface area (Å²) in [5.74, 6) is 0. The first-order chi connectivity index (χ1) is 17.7. The lowest BCUT2D eigenvalue weighted by molar-refractivity contribution is -0.378. The van der Waals surface area contributed by atoms with Crippen LogP contribution in [0, 0.1) is 0 Å². The molecule has 0 bridgehead atoms. The molecule has 12 N–H and O–H groups in total. The lowest BCUT2D eigenvalue weighted by atomic mass is 9.96. The van der Waals surface area contributed by atoms with E-state index in [1.807, 2.05) is 0 Å². The predicted molar refractivity (Wildman–Crippen MR) is 112 cm³/mol. The molecule has 0 radical (unpaired) electrons. The average Bonchev–Trinajstić information content (AvgIpc) is 2.86. The number of ether oxygens (including phenoxy) is 5. The molecule has 0 amide bonds. The van der Waals surface area contributed by atoms with Crippen molar-refractivity contribution in [3.8, 4) is 0 Å². The highest BCUT2D eigenvalue weighted by Gasteiger charge is 2.53. The number of phosphoric ester groups is 1. The van der Waals surface area contributed by atoms with Crippen molar-refractivity contribution in [2.24, 2.45) is 0 Å². The Labute approximate surface area is 214 Å². The first kappa shape index (κ1) is 32.0. The van der Waals surface area contributed by atoms with E-state index in [4.69, 9.17) is 33.5 Å². The van der Waals surface area contributed by atoms with Crippen molar-refractivity contribution in [1.82, 2.24) is 0 Å². The molecular formula is C18H33O19P. The lowest BCUT2D eigenvalue weighted by Crippen LogP contribution is -2.66. The summed E-state index contributed by atoms with van der Waals surface area (Å²) < 4.78 is 41.9. The fraction of sp³-hybridized carbons (Fsp3) is 1.00. The molecule has 0 unspecified atom stereocenters. The van der Waals surface area contributed by atoms with Crippen LogP contribution in [0.2, 0.25) is 0 Å². The number of aliphatic hydroxyl groups excluding tert-OH is 10. The van der Waals surface area contributed by atoms with Crippen LogP contribution in [0.4, 0.5) is 0 Å². The van der Waals surface area contributed by atoms with Gasteiger partial charge in [0.2, 0.25) is 0 Å². The van der Waals surface area contributed by atoms with E-state index in [9.17, 15) is 55.6 Å². The van der Waals surface area contributed by atoms with Crippen molar-refractivity contribution in [2.45, 2.75) is 92.1 Å². The molecule has 3 fully saturated rings. The number of hydrogen-bond acceptors (Lipinski definition) is 17. The molecule has 3 heterocycles. The molecule has 0 aliphatic carbocycles. The van der Waals surface area contributed by atoms with Crippen LogP contribution in [-0.4, -0.2) is 173 Å². The third-order valence-corrected chi connectivity index (χ3v) is 6.80. The van der Waals surface area contributed by atoms with E-state index in [1.165, 1.54) is 0 Å². The zero-order chi connectivity index (χ0) is 28.5. The van der Waals surface area contributed by atoms with Crippen molar-refractivity contribution < 1.29 is 93.6 Å². The maximum atomic E-state index is 11.2. The summed E-state index contributed by atoms with van der Waals surface area (Å²) in [6.07, 6.45) is -27.4. The quantitative estimate of drug-likeness (QED) is 0.112. The number of phosphoric acid groups is 1. The van der Waals surface area contributed by atoms with E-state index in [0.717, 1.165) is 0 Å². The van der Waals surface area contributed by atoms with Crippen molar-refractivity contribution in [3.05, 3.63) is 0 Å². The summed E-state index contributed by atoms with van der Waals surface area (Å²) in [4.78, 5) is 18.0. The monoisotopic (exact) mass is 584 g/mol. The normalized spacial score (nSPS) is 48.7. The van der Waals surface area contributed by atoms with Gasteiger partial charge >= 0.3 is 7.82 Å². The van der Waals surface area contributed by atoms with Crippen LogP contribution in [0.1, 0.15) is 0 Å². The van der Waals surface area contributed by atoms with E-state index in [2.05, 4.69) is 4.52 Å². The Morgan fingerprint density at radius 2 is 1.13 bits per heavy atom. The van der Waals surface area contributed by atoms with Crippen LogP contribution in [-0.2, 0) is 32.8 Å². The van der Waals surface area contributed by atoms with E-state index in [1.54, 1.807) is 0 Å². The van der Waals surface area contributed by atoms with Crippen LogP contribution in [0.3, 0.4) is 0 Å². The lowest BCUT2D eigenvalue weighted by Gasteiger charge is -2.48. The predicted octanol–water partition coefficient (Wildman–Crippen LogP) is -7.46. The topological polar surface area (TPSA) is 315 Å². The third kappa shape index (κ3) is 7.04. The molecule has 3 aliphatic heterocycles. The zero-order valence-corrected chi connectivity index (χ0v) is 20.3. The third-order valence-electron chi connectivity index (χ3n) is 6.32. The van der Waals surface area contributed by atoms with Gasteiger partial charge in [0.15, 0.2) is 18.9 Å². The minimum absolute atomic E-state index is 0.829. The second kappa shape index (κ2) is 13.0. The van der Waals surface area contributed by atoms with Gasteiger partial charge in [-0.1, -0.05) is 0 Å². The van der Waals surface area contributed by atoms with E-state index in [-0.39, 0.29) is 0 Å². The molecule has 38 heavy (non-hydrogen) atoms. The molecule has 224 valence electrons. The standard InChI is InChI=1S/C18H33O19P/c19-1-4-7(21)9(23)12(26)17(34-4)37-15-8(22)6(3-32-38(29,30)31)35-18(13(15)27)36-14-5(2-20)33-16(28)11(25)10(14)24/h4-28H,1-3H2,(H2,29,30,31)/t4-,5-,6-,7+,8+,9+,10-,11+,12-,13-,14-,15+,16+,17+,18+/m1/s1. The number of aliphatic hydroxyl groups is 10. The molecule has 0 spiro atoms. The molecule has 19 nitrogen and oxygen atoms in total. The molecule has 3 aliphatic rings. The molecule has 0 aromatic carbocycles. The van der Waals surface area contributed by atoms with Crippen LogP contribution in [0.5, 0.6) is 0 Å². The van der Waals surface area contributed by atoms with Gasteiger partial charge in [-0.15, -0.1) is 0 Å². The molecular weight excluding hydrogens is 551 g/mol. The van der Waals surface area contributed by atoms with Crippen molar-refractivity contribution in [2.75, 3.05) is 19.8 Å². The highest BCUT2D eigenvalue weighted by Crippen LogP contribution is 2.38. The number of hydrogen-bond donors (Lipinski definition) is 12. The smallest absolute Gasteiger partial charge is 0.394 e. The summed E-state index contributed by atoms with van der Waals surface area (Å²) in [6, 6.07) is 0. The largest absolute Gasteiger partial charge is 0.469 e. The second-order valence-electron chi connectivity index (χ2n) is 8.94. The van der Waals surface area contributed by atoms with Gasteiger partial charge in [-0.25, -0.2) is 4.57 Å². The van der Waals surface area contributed by atoms with Gasteiger partial charge < -0.3 is 84.5 Å². The first-order valence-corrected chi connectivity index (χ1v) is 12.9. The average molecular weight is 584 g/mol. The maximum absolute atomic E-state index is 11.2. The molecule has 0 aromatic heterocycles. The van der Waals surface area contributed by atoms with Crippen LogP contribution in [0.15, 0.2) is 0 Å². The zero-order valence-electron chi connectivity index (χ0n) is 19.5. The Morgan fingerprint density at radius 1 is 0.579 bits per heavy atom. The minimum atomic E-state index is -5.10. The Hall–Kier alpha value is -0.490. The highest BCUT2D eigenvalue weighted by molar-refractivity contribution is 7.46. The fourth-order valence-corrected chi connectivity index (χ4v) is 4.55. The fourth-order valence-electron chi connectivity index (χ4n) is 4.21. The van der Waals surface area contributed by atoms with Gasteiger partial charge in [-0.05, 0) is 0 Å². The Balaban J connectivity index is 1.85. The van der Waals surface area contributed by atoms with E-state index < -0.39 is 120 Å². The van der Waals surface area contributed by atoms with Gasteiger partial charge in [0.25, 0.3) is 0 Å². The van der Waals surface area contributed by atoms with Crippen LogP contribution in [0.25, 0.3) is 0 Å². The Bertz CT molecular complexity index is 796. The van der Waals surface area contributed by atoms with Crippen molar-refractivity contribution >= 4 is 7.82 Å². The van der Waals surface area contributed by atoms with Crippen molar-refractivity contribution in [1.29, 1.82) is 0 Å². The highest BCUT2D eigenvalue weighted by atomic mass is 31.2. The summed E-state index contributed by atoms with van der Waals surface area (Å²) in [7, 11) is -5.10. The molecule has 0 saturated carbocycles. The minimum Gasteiger partial charge on any atom is -0.394 e. The molecule has 3 rings (SSSR count). The van der Waals surface area contributed by atoms with Gasteiger partial charge in [0.05, 0.1) is 19.8 Å². The molecule has 15 atom stereocenters. The summed E-state index contributed by atoms with van der Waals surface area (Å²) in [5, 5.41) is 101. The Kier molecular flexibility index (Phi) is 11.0. The molecule has 3 saturated heterocycles.